The van der Waals surface area contributed by atoms with Gasteiger partial charge in [-0.15, -0.1) is 23.1 Å². The van der Waals surface area contributed by atoms with E-state index in [1.165, 1.54) is 4.88 Å². The van der Waals surface area contributed by atoms with E-state index in [-0.39, 0.29) is 0 Å². The molecular formula is C10H9BrN2S2. The number of thioether (sulfide) groups is 1. The molecule has 1 aromatic carbocycles. The molecule has 0 spiro atoms. The number of benzene rings is 1. The average Bonchev–Trinajstić information content (AvgIpc) is 2.72. The van der Waals surface area contributed by atoms with E-state index in [2.05, 4.69) is 20.9 Å². The van der Waals surface area contributed by atoms with Gasteiger partial charge in [-0.25, -0.2) is 0 Å². The molecule has 5 heteroatoms. The van der Waals surface area contributed by atoms with Crippen LogP contribution in [0.5, 0.6) is 0 Å². The molecule has 2 N–H and O–H groups in total. The maximum atomic E-state index is 5.88. The topological polar surface area (TPSA) is 38.9 Å². The SMILES string of the molecule is Nc1ccc(Br)cc1SCc1cncs1. The predicted octanol–water partition coefficient (Wildman–Crippen LogP) is 3.78. The third-order valence-electron chi connectivity index (χ3n) is 1.83. The smallest absolute Gasteiger partial charge is 0.0794 e. The van der Waals surface area contributed by atoms with Crippen LogP contribution < -0.4 is 5.73 Å². The van der Waals surface area contributed by atoms with E-state index >= 15 is 0 Å². The Hall–Kier alpha value is -0.520. The quantitative estimate of drug-likeness (QED) is 0.692. The second kappa shape index (κ2) is 5.01. The first-order chi connectivity index (χ1) is 7.25. The first kappa shape index (κ1) is 11.0. The summed E-state index contributed by atoms with van der Waals surface area (Å²) in [5, 5.41) is 0. The van der Waals surface area contributed by atoms with Crippen molar-refractivity contribution in [2.75, 3.05) is 5.73 Å². The van der Waals surface area contributed by atoms with Crippen molar-refractivity contribution in [1.82, 2.24) is 4.98 Å². The molecule has 2 nitrogen and oxygen atoms in total. The summed E-state index contributed by atoms with van der Waals surface area (Å²) in [5.41, 5.74) is 8.55. The van der Waals surface area contributed by atoms with E-state index in [1.54, 1.807) is 23.1 Å². The standard InChI is InChI=1S/C10H9BrN2S2/c11-7-1-2-9(12)10(3-7)14-5-8-4-13-6-15-8/h1-4,6H,5,12H2. The second-order valence-electron chi connectivity index (χ2n) is 2.94. The van der Waals surface area contributed by atoms with Crippen LogP contribution in [0.1, 0.15) is 4.88 Å². The molecule has 0 bridgehead atoms. The Balaban J connectivity index is 2.07. The first-order valence-electron chi connectivity index (χ1n) is 4.31. The third-order valence-corrected chi connectivity index (χ3v) is 4.40. The van der Waals surface area contributed by atoms with E-state index in [4.69, 9.17) is 5.73 Å². The van der Waals surface area contributed by atoms with Gasteiger partial charge in [-0.3, -0.25) is 4.98 Å². The molecule has 78 valence electrons. The number of aromatic nitrogens is 1. The molecule has 2 aromatic rings. The van der Waals surface area contributed by atoms with Crippen molar-refractivity contribution in [2.45, 2.75) is 10.6 Å². The largest absolute Gasteiger partial charge is 0.398 e. The lowest BCUT2D eigenvalue weighted by Crippen LogP contribution is -1.88. The molecule has 0 saturated heterocycles. The molecule has 0 atom stereocenters. The van der Waals surface area contributed by atoms with Gasteiger partial charge in [0.2, 0.25) is 0 Å². The highest BCUT2D eigenvalue weighted by Gasteiger charge is 2.02. The molecule has 0 fully saturated rings. The van der Waals surface area contributed by atoms with Crippen LogP contribution in [0, 0.1) is 0 Å². The highest BCUT2D eigenvalue weighted by atomic mass is 79.9. The zero-order chi connectivity index (χ0) is 10.7. The van der Waals surface area contributed by atoms with Gasteiger partial charge in [0.15, 0.2) is 0 Å². The molecule has 0 saturated carbocycles. The van der Waals surface area contributed by atoms with Crippen LogP contribution in [0.15, 0.2) is 39.3 Å². The lowest BCUT2D eigenvalue weighted by molar-refractivity contribution is 1.36. The van der Waals surface area contributed by atoms with E-state index in [0.29, 0.717) is 0 Å². The molecule has 1 heterocycles. The number of nitrogens with zero attached hydrogens (tertiary/aromatic N) is 1. The Morgan fingerprint density at radius 2 is 2.33 bits per heavy atom. The number of nitrogens with two attached hydrogens (primary N) is 1. The minimum atomic E-state index is 0.827. The van der Waals surface area contributed by atoms with Crippen molar-refractivity contribution in [3.05, 3.63) is 39.3 Å². The molecule has 0 unspecified atom stereocenters. The maximum Gasteiger partial charge on any atom is 0.0794 e. The zero-order valence-corrected chi connectivity index (χ0v) is 11.0. The van der Waals surface area contributed by atoms with Crippen LogP contribution in [-0.2, 0) is 5.75 Å². The Kier molecular flexibility index (Phi) is 3.66. The van der Waals surface area contributed by atoms with Gasteiger partial charge < -0.3 is 5.73 Å². The normalized spacial score (nSPS) is 10.5. The first-order valence-corrected chi connectivity index (χ1v) is 6.97. The van der Waals surface area contributed by atoms with Crippen LogP contribution in [0.3, 0.4) is 0 Å². The van der Waals surface area contributed by atoms with Crippen LogP contribution >= 0.6 is 39.0 Å². The highest BCUT2D eigenvalue weighted by molar-refractivity contribution is 9.10. The summed E-state index contributed by atoms with van der Waals surface area (Å²) in [5.74, 6) is 0.922. The average molecular weight is 301 g/mol. The van der Waals surface area contributed by atoms with Gasteiger partial charge in [0.25, 0.3) is 0 Å². The van der Waals surface area contributed by atoms with Crippen LogP contribution in [-0.4, -0.2) is 4.98 Å². The van der Waals surface area contributed by atoms with Gasteiger partial charge in [0, 0.05) is 31.9 Å². The number of nitrogen functional groups attached to an aromatic ring is 1. The highest BCUT2D eigenvalue weighted by Crippen LogP contribution is 2.31. The van der Waals surface area contributed by atoms with Crippen molar-refractivity contribution in [2.24, 2.45) is 0 Å². The number of hydrogen-bond donors (Lipinski definition) is 1. The van der Waals surface area contributed by atoms with Crippen LogP contribution in [0.2, 0.25) is 0 Å². The third kappa shape index (κ3) is 2.96. The zero-order valence-electron chi connectivity index (χ0n) is 7.81. The monoisotopic (exact) mass is 300 g/mol. The van der Waals surface area contributed by atoms with E-state index < -0.39 is 0 Å². The second-order valence-corrected chi connectivity index (χ2v) is 5.84. The summed E-state index contributed by atoms with van der Waals surface area (Å²) >= 11 is 6.84. The number of halogens is 1. The van der Waals surface area contributed by atoms with Gasteiger partial charge >= 0.3 is 0 Å². The van der Waals surface area contributed by atoms with Crippen LogP contribution in [0.25, 0.3) is 0 Å². The molecule has 0 aliphatic rings. The Morgan fingerprint density at radius 1 is 1.47 bits per heavy atom. The van der Waals surface area contributed by atoms with Crippen molar-refractivity contribution in [3.63, 3.8) is 0 Å². The van der Waals surface area contributed by atoms with Crippen molar-refractivity contribution < 1.29 is 0 Å². The molecule has 1 aromatic heterocycles. The molecule has 0 amide bonds. The summed E-state index contributed by atoms with van der Waals surface area (Å²) in [4.78, 5) is 6.41. The maximum absolute atomic E-state index is 5.88. The van der Waals surface area contributed by atoms with Crippen molar-refractivity contribution in [3.8, 4) is 0 Å². The van der Waals surface area contributed by atoms with Gasteiger partial charge in [0.05, 0.1) is 5.51 Å². The molecule has 15 heavy (non-hydrogen) atoms. The van der Waals surface area contributed by atoms with E-state index in [1.807, 2.05) is 29.9 Å². The van der Waals surface area contributed by atoms with Gasteiger partial charge in [0.1, 0.15) is 0 Å². The number of thiazole rings is 1. The minimum Gasteiger partial charge on any atom is -0.398 e. The number of anilines is 1. The molecule has 0 radical (unpaired) electrons. The van der Waals surface area contributed by atoms with Gasteiger partial charge in [-0.05, 0) is 18.2 Å². The summed E-state index contributed by atoms with van der Waals surface area (Å²) < 4.78 is 1.06. The number of rotatable bonds is 3. The van der Waals surface area contributed by atoms with E-state index in [0.717, 1.165) is 20.8 Å². The lowest BCUT2D eigenvalue weighted by atomic mass is 10.3. The lowest BCUT2D eigenvalue weighted by Gasteiger charge is -2.04. The summed E-state index contributed by atoms with van der Waals surface area (Å²) in [6.45, 7) is 0. The molecule has 0 aliphatic carbocycles. The Bertz CT molecular complexity index is 443. The molecule has 2 rings (SSSR count). The predicted molar refractivity (Wildman–Crippen MR) is 70.2 cm³/mol. The summed E-state index contributed by atoms with van der Waals surface area (Å²) in [6, 6.07) is 5.91. The minimum absolute atomic E-state index is 0.827. The number of hydrogen-bond acceptors (Lipinski definition) is 4. The van der Waals surface area contributed by atoms with E-state index in [9.17, 15) is 0 Å². The molecular weight excluding hydrogens is 292 g/mol. The fourth-order valence-electron chi connectivity index (χ4n) is 1.10. The van der Waals surface area contributed by atoms with Crippen LogP contribution in [0.4, 0.5) is 5.69 Å². The van der Waals surface area contributed by atoms with Gasteiger partial charge in [-0.1, -0.05) is 15.9 Å². The van der Waals surface area contributed by atoms with Crippen molar-refractivity contribution >= 4 is 44.7 Å². The summed E-state index contributed by atoms with van der Waals surface area (Å²) in [7, 11) is 0. The molecule has 0 aliphatic heterocycles. The fraction of sp³-hybridized carbons (Fsp3) is 0.100. The fourth-order valence-corrected chi connectivity index (χ4v) is 3.25. The van der Waals surface area contributed by atoms with Crippen molar-refractivity contribution in [1.29, 1.82) is 0 Å². The Morgan fingerprint density at radius 3 is 3.07 bits per heavy atom. The summed E-state index contributed by atoms with van der Waals surface area (Å²) in [6.07, 6.45) is 1.89. The Labute approximate surface area is 105 Å². The van der Waals surface area contributed by atoms with Gasteiger partial charge in [-0.2, -0.15) is 0 Å².